The Kier molecular flexibility index (Phi) is 3.86. The molecular weight excluding hydrogens is 228 g/mol. The fourth-order valence-corrected chi connectivity index (χ4v) is 1.51. The molecule has 0 amide bonds. The molecule has 0 aromatic heterocycles. The second-order valence-corrected chi connectivity index (χ2v) is 3.79. The van der Waals surface area contributed by atoms with Gasteiger partial charge in [0, 0.05) is 6.42 Å². The summed E-state index contributed by atoms with van der Waals surface area (Å²) in [6.07, 6.45) is 0.0620. The zero-order valence-corrected chi connectivity index (χ0v) is 9.71. The first-order valence-electron chi connectivity index (χ1n) is 5.59. The third-order valence-electron chi connectivity index (χ3n) is 2.39. The lowest BCUT2D eigenvalue weighted by Crippen LogP contribution is -2.22. The van der Waals surface area contributed by atoms with Crippen molar-refractivity contribution in [3.8, 4) is 5.75 Å². The smallest absolute Gasteiger partial charge is 0.380 e. The Morgan fingerprint density at radius 1 is 0.833 bits per heavy atom. The zero-order valence-electron chi connectivity index (χ0n) is 9.71. The second-order valence-electron chi connectivity index (χ2n) is 3.79. The van der Waals surface area contributed by atoms with E-state index in [-0.39, 0.29) is 6.42 Å². The number of carbonyl (C=O) groups is 2. The van der Waals surface area contributed by atoms with Crippen LogP contribution in [0.2, 0.25) is 0 Å². The summed E-state index contributed by atoms with van der Waals surface area (Å²) in [6.45, 7) is 0. The molecule has 0 aliphatic heterocycles. The van der Waals surface area contributed by atoms with E-state index in [1.54, 1.807) is 36.4 Å². The van der Waals surface area contributed by atoms with Crippen molar-refractivity contribution in [3.63, 3.8) is 0 Å². The van der Waals surface area contributed by atoms with Crippen LogP contribution in [0.15, 0.2) is 60.7 Å². The van der Waals surface area contributed by atoms with Crippen molar-refractivity contribution in [2.75, 3.05) is 0 Å². The van der Waals surface area contributed by atoms with Crippen molar-refractivity contribution in [1.82, 2.24) is 0 Å². The molecule has 0 saturated heterocycles. The monoisotopic (exact) mass is 240 g/mol. The number of ether oxygens (including phenoxy) is 1. The first kappa shape index (κ1) is 12.0. The highest BCUT2D eigenvalue weighted by molar-refractivity contribution is 6.34. The minimum Gasteiger partial charge on any atom is -0.421 e. The normalized spacial score (nSPS) is 9.78. The number of Topliss-reactive ketones (excluding diaryl/α,β-unsaturated/α-hetero) is 1. The maximum atomic E-state index is 11.6. The van der Waals surface area contributed by atoms with E-state index >= 15 is 0 Å². The van der Waals surface area contributed by atoms with Gasteiger partial charge in [0.15, 0.2) is 0 Å². The second kappa shape index (κ2) is 5.77. The van der Waals surface area contributed by atoms with Crippen LogP contribution < -0.4 is 4.74 Å². The number of benzene rings is 2. The predicted molar refractivity (Wildman–Crippen MR) is 67.2 cm³/mol. The molecule has 3 nitrogen and oxygen atoms in total. The third-order valence-corrected chi connectivity index (χ3v) is 2.39. The van der Waals surface area contributed by atoms with E-state index in [4.69, 9.17) is 4.74 Å². The van der Waals surface area contributed by atoms with E-state index in [0.717, 1.165) is 5.56 Å². The fourth-order valence-electron chi connectivity index (χ4n) is 1.51. The quantitative estimate of drug-likeness (QED) is 0.468. The van der Waals surface area contributed by atoms with Crippen molar-refractivity contribution in [2.45, 2.75) is 6.42 Å². The van der Waals surface area contributed by atoms with Crippen LogP contribution in [0.3, 0.4) is 0 Å². The Labute approximate surface area is 105 Å². The molecular formula is C15H12O3. The molecule has 90 valence electrons. The van der Waals surface area contributed by atoms with Gasteiger partial charge in [-0.25, -0.2) is 4.79 Å². The molecule has 0 N–H and O–H groups in total. The number of ketones is 1. The largest absolute Gasteiger partial charge is 0.421 e. The summed E-state index contributed by atoms with van der Waals surface area (Å²) in [6, 6.07) is 17.7. The van der Waals surface area contributed by atoms with Crippen molar-refractivity contribution in [2.24, 2.45) is 0 Å². The number of hydrogen-bond acceptors (Lipinski definition) is 3. The lowest BCUT2D eigenvalue weighted by atomic mass is 10.1. The van der Waals surface area contributed by atoms with Crippen molar-refractivity contribution in [1.29, 1.82) is 0 Å². The summed E-state index contributed by atoms with van der Waals surface area (Å²) >= 11 is 0. The maximum Gasteiger partial charge on any atom is 0.380 e. The van der Waals surface area contributed by atoms with Gasteiger partial charge in [0.25, 0.3) is 0 Å². The van der Waals surface area contributed by atoms with Crippen molar-refractivity contribution in [3.05, 3.63) is 66.2 Å². The van der Waals surface area contributed by atoms with E-state index in [2.05, 4.69) is 0 Å². The summed E-state index contributed by atoms with van der Waals surface area (Å²) in [5, 5.41) is 0. The Balaban J connectivity index is 1.96. The van der Waals surface area contributed by atoms with Gasteiger partial charge in [-0.2, -0.15) is 0 Å². The third kappa shape index (κ3) is 3.28. The summed E-state index contributed by atoms with van der Waals surface area (Å²) in [4.78, 5) is 23.2. The van der Waals surface area contributed by atoms with Crippen LogP contribution in [-0.2, 0) is 16.0 Å². The molecule has 2 rings (SSSR count). The molecule has 0 radical (unpaired) electrons. The Bertz CT molecular complexity index is 481. The maximum absolute atomic E-state index is 11.6. The minimum atomic E-state index is -0.829. The zero-order chi connectivity index (χ0) is 12.8. The number of rotatable bonds is 4. The Morgan fingerprint density at radius 2 is 1.39 bits per heavy atom. The van der Waals surface area contributed by atoms with E-state index < -0.39 is 11.8 Å². The lowest BCUT2D eigenvalue weighted by Gasteiger charge is -2.03. The van der Waals surface area contributed by atoms with Crippen LogP contribution in [0.1, 0.15) is 5.56 Å². The minimum absolute atomic E-state index is 0.0620. The van der Waals surface area contributed by atoms with E-state index in [9.17, 15) is 9.59 Å². The summed E-state index contributed by atoms with van der Waals surface area (Å²) in [5.74, 6) is -1.00. The fraction of sp³-hybridized carbons (Fsp3) is 0.0667. The number of para-hydroxylation sites is 1. The van der Waals surface area contributed by atoms with E-state index in [0.29, 0.717) is 5.75 Å². The highest BCUT2D eigenvalue weighted by Crippen LogP contribution is 2.09. The van der Waals surface area contributed by atoms with Crippen molar-refractivity contribution < 1.29 is 14.3 Å². The topological polar surface area (TPSA) is 43.4 Å². The average molecular weight is 240 g/mol. The Hall–Kier alpha value is -2.42. The number of esters is 1. The molecule has 2 aromatic carbocycles. The molecule has 0 aliphatic carbocycles. The molecule has 0 atom stereocenters. The van der Waals surface area contributed by atoms with Gasteiger partial charge in [0.2, 0.25) is 5.78 Å². The van der Waals surface area contributed by atoms with Crippen LogP contribution >= 0.6 is 0 Å². The number of hydrogen-bond donors (Lipinski definition) is 0. The first-order chi connectivity index (χ1) is 8.75. The standard InChI is InChI=1S/C15H12O3/c16-14(11-12-7-3-1-4-8-12)15(17)18-13-9-5-2-6-10-13/h1-10H,11H2. The molecule has 3 heteroatoms. The van der Waals surface area contributed by atoms with Crippen LogP contribution in [0.5, 0.6) is 5.75 Å². The van der Waals surface area contributed by atoms with Crippen LogP contribution in [0, 0.1) is 0 Å². The summed E-state index contributed by atoms with van der Waals surface area (Å²) in [5.41, 5.74) is 0.799. The predicted octanol–water partition coefficient (Wildman–Crippen LogP) is 2.40. The molecule has 0 saturated carbocycles. The van der Waals surface area contributed by atoms with Gasteiger partial charge in [-0.15, -0.1) is 0 Å². The van der Waals surface area contributed by atoms with Gasteiger partial charge in [-0.3, -0.25) is 4.79 Å². The molecule has 0 fully saturated rings. The van der Waals surface area contributed by atoms with Crippen LogP contribution in [-0.4, -0.2) is 11.8 Å². The van der Waals surface area contributed by atoms with Crippen molar-refractivity contribution >= 4 is 11.8 Å². The van der Waals surface area contributed by atoms with E-state index in [1.807, 2.05) is 24.3 Å². The number of carbonyl (C=O) groups excluding carboxylic acids is 2. The van der Waals surface area contributed by atoms with Gasteiger partial charge >= 0.3 is 5.97 Å². The molecule has 0 bridgehead atoms. The average Bonchev–Trinajstić information content (AvgIpc) is 2.41. The van der Waals surface area contributed by atoms with Crippen LogP contribution in [0.4, 0.5) is 0 Å². The lowest BCUT2D eigenvalue weighted by molar-refractivity contribution is -0.146. The highest BCUT2D eigenvalue weighted by atomic mass is 16.5. The summed E-state index contributed by atoms with van der Waals surface area (Å²) < 4.78 is 4.96. The van der Waals surface area contributed by atoms with Gasteiger partial charge in [-0.1, -0.05) is 48.5 Å². The van der Waals surface area contributed by atoms with Gasteiger partial charge in [0.05, 0.1) is 0 Å². The van der Waals surface area contributed by atoms with E-state index in [1.165, 1.54) is 0 Å². The molecule has 2 aromatic rings. The molecule has 0 unspecified atom stereocenters. The van der Waals surface area contributed by atoms with Gasteiger partial charge < -0.3 is 4.74 Å². The van der Waals surface area contributed by atoms with Crippen LogP contribution in [0.25, 0.3) is 0 Å². The van der Waals surface area contributed by atoms with Gasteiger partial charge in [-0.05, 0) is 17.7 Å². The Morgan fingerprint density at radius 3 is 2.00 bits per heavy atom. The van der Waals surface area contributed by atoms with Gasteiger partial charge in [0.1, 0.15) is 5.75 Å². The molecule has 0 aliphatic rings. The summed E-state index contributed by atoms with van der Waals surface area (Å²) in [7, 11) is 0. The molecule has 0 heterocycles. The molecule has 0 spiro atoms. The molecule has 18 heavy (non-hydrogen) atoms. The highest BCUT2D eigenvalue weighted by Gasteiger charge is 2.16. The SMILES string of the molecule is O=C(Cc1ccccc1)C(=O)Oc1ccccc1. The first-order valence-corrected chi connectivity index (χ1v) is 5.59.